The lowest BCUT2D eigenvalue weighted by atomic mass is 9.87. The fourth-order valence-corrected chi connectivity index (χ4v) is 2.52. The molecule has 1 aliphatic carbocycles. The number of fused-ring (bicyclic) bond motifs is 1. The van der Waals surface area contributed by atoms with Gasteiger partial charge in [0, 0.05) is 12.1 Å². The van der Waals surface area contributed by atoms with Crippen molar-refractivity contribution in [3.8, 4) is 6.07 Å². The Morgan fingerprint density at radius 2 is 2.25 bits per heavy atom. The Labute approximate surface area is 114 Å². The van der Waals surface area contributed by atoms with Crippen LogP contribution in [0.15, 0.2) is 24.1 Å². The van der Waals surface area contributed by atoms with E-state index in [9.17, 15) is 13.6 Å². The van der Waals surface area contributed by atoms with Crippen LogP contribution in [0.4, 0.5) is 8.78 Å². The monoisotopic (exact) mass is 278 g/mol. The normalized spacial score (nSPS) is 18.1. The Bertz CT molecular complexity index is 608. The van der Waals surface area contributed by atoms with Gasteiger partial charge in [-0.2, -0.15) is 5.26 Å². The van der Waals surface area contributed by atoms with Crippen LogP contribution in [0.5, 0.6) is 0 Å². The first kappa shape index (κ1) is 14.0. The van der Waals surface area contributed by atoms with Crippen molar-refractivity contribution in [2.45, 2.75) is 25.3 Å². The third kappa shape index (κ3) is 2.48. The number of halogens is 2. The summed E-state index contributed by atoms with van der Waals surface area (Å²) in [5.74, 6) is -1.26. The van der Waals surface area contributed by atoms with E-state index < -0.39 is 17.7 Å². The van der Waals surface area contributed by atoms with Crippen LogP contribution < -0.4 is 0 Å². The SMILES string of the molecule is N#C/C(=C\O)N(C=O)[C@H]1CCc2c(F)cc(F)cc2C1. The molecule has 0 heterocycles. The molecule has 0 saturated carbocycles. The molecule has 0 spiro atoms. The van der Waals surface area contributed by atoms with Crippen molar-refractivity contribution in [1.29, 1.82) is 5.26 Å². The Balaban J connectivity index is 2.31. The van der Waals surface area contributed by atoms with Gasteiger partial charge in [0.15, 0.2) is 5.70 Å². The molecule has 104 valence electrons. The van der Waals surface area contributed by atoms with Crippen LogP contribution >= 0.6 is 0 Å². The molecule has 1 amide bonds. The van der Waals surface area contributed by atoms with Gasteiger partial charge in [0.25, 0.3) is 0 Å². The largest absolute Gasteiger partial charge is 0.513 e. The quantitative estimate of drug-likeness (QED) is 0.523. The molecule has 2 rings (SSSR count). The first-order valence-electron chi connectivity index (χ1n) is 6.05. The summed E-state index contributed by atoms with van der Waals surface area (Å²) in [4.78, 5) is 12.2. The number of amides is 1. The summed E-state index contributed by atoms with van der Waals surface area (Å²) in [6, 6.07) is 3.38. The molecule has 0 aliphatic heterocycles. The van der Waals surface area contributed by atoms with Crippen LogP contribution in [-0.4, -0.2) is 22.5 Å². The minimum absolute atomic E-state index is 0.190. The molecule has 4 nitrogen and oxygen atoms in total. The van der Waals surface area contributed by atoms with E-state index in [2.05, 4.69) is 0 Å². The van der Waals surface area contributed by atoms with E-state index in [1.54, 1.807) is 6.07 Å². The standard InChI is InChI=1S/C14H12F2N2O2/c15-10-3-9-4-11(1-2-13(9)14(16)5-10)18(8-20)12(6-17)7-19/h3,5,7-8,11,19H,1-2,4H2/b12-7+/t11-/m0/s1. The number of rotatable bonds is 3. The number of allylic oxidation sites excluding steroid dienone is 1. The van der Waals surface area contributed by atoms with Gasteiger partial charge in [-0.3, -0.25) is 4.79 Å². The van der Waals surface area contributed by atoms with Gasteiger partial charge in [-0.05, 0) is 36.5 Å². The second kappa shape index (κ2) is 5.70. The molecular formula is C14H12F2N2O2. The molecule has 0 saturated heterocycles. The van der Waals surface area contributed by atoms with E-state index in [0.29, 0.717) is 36.6 Å². The summed E-state index contributed by atoms with van der Waals surface area (Å²) in [5.41, 5.74) is 0.742. The van der Waals surface area contributed by atoms with Crippen LogP contribution in [0.25, 0.3) is 0 Å². The number of aliphatic hydroxyl groups excluding tert-OH is 1. The molecule has 1 N–H and O–H groups in total. The molecule has 1 aromatic rings. The van der Waals surface area contributed by atoms with Gasteiger partial charge in [0.2, 0.25) is 6.41 Å². The molecule has 0 unspecified atom stereocenters. The summed E-state index contributed by atoms with van der Waals surface area (Å²) in [6.07, 6.45) is 2.02. The maximum Gasteiger partial charge on any atom is 0.215 e. The molecular weight excluding hydrogens is 266 g/mol. The highest BCUT2D eigenvalue weighted by Gasteiger charge is 2.27. The molecule has 1 atom stereocenters. The maximum absolute atomic E-state index is 13.6. The van der Waals surface area contributed by atoms with Crippen molar-refractivity contribution < 1.29 is 18.7 Å². The summed E-state index contributed by atoms with van der Waals surface area (Å²) < 4.78 is 26.8. The number of aliphatic hydroxyl groups is 1. The summed E-state index contributed by atoms with van der Waals surface area (Å²) >= 11 is 0. The van der Waals surface area contributed by atoms with Crippen LogP contribution in [0.2, 0.25) is 0 Å². The first-order valence-corrected chi connectivity index (χ1v) is 6.05. The Kier molecular flexibility index (Phi) is 3.99. The molecule has 0 radical (unpaired) electrons. The topological polar surface area (TPSA) is 64.3 Å². The number of hydrogen-bond acceptors (Lipinski definition) is 3. The van der Waals surface area contributed by atoms with Gasteiger partial charge in [-0.15, -0.1) is 0 Å². The molecule has 0 fully saturated rings. The summed E-state index contributed by atoms with van der Waals surface area (Å²) in [5, 5.41) is 17.8. The highest BCUT2D eigenvalue weighted by Crippen LogP contribution is 2.28. The van der Waals surface area contributed by atoms with Gasteiger partial charge >= 0.3 is 0 Å². The highest BCUT2D eigenvalue weighted by atomic mass is 19.1. The van der Waals surface area contributed by atoms with Crippen LogP contribution in [0.3, 0.4) is 0 Å². The molecule has 0 bridgehead atoms. The Morgan fingerprint density at radius 1 is 1.50 bits per heavy atom. The van der Waals surface area contributed by atoms with E-state index in [1.807, 2.05) is 0 Å². The maximum atomic E-state index is 13.6. The predicted molar refractivity (Wildman–Crippen MR) is 66.4 cm³/mol. The number of nitrogens with zero attached hydrogens (tertiary/aromatic N) is 2. The molecule has 6 heteroatoms. The Hall–Kier alpha value is -2.42. The Morgan fingerprint density at radius 3 is 2.85 bits per heavy atom. The molecule has 1 aliphatic rings. The minimum atomic E-state index is -0.669. The van der Waals surface area contributed by atoms with Crippen LogP contribution in [0.1, 0.15) is 17.5 Å². The smallest absolute Gasteiger partial charge is 0.215 e. The van der Waals surface area contributed by atoms with E-state index in [0.717, 1.165) is 11.0 Å². The molecule has 0 aromatic heterocycles. The third-order valence-corrected chi connectivity index (χ3v) is 3.46. The fraction of sp³-hybridized carbons (Fsp3) is 0.286. The number of carbonyl (C=O) groups is 1. The van der Waals surface area contributed by atoms with E-state index >= 15 is 0 Å². The third-order valence-electron chi connectivity index (χ3n) is 3.46. The fourth-order valence-electron chi connectivity index (χ4n) is 2.52. The van der Waals surface area contributed by atoms with Crippen molar-refractivity contribution in [2.24, 2.45) is 0 Å². The van der Waals surface area contributed by atoms with Crippen molar-refractivity contribution in [3.63, 3.8) is 0 Å². The summed E-state index contributed by atoms with van der Waals surface area (Å²) in [7, 11) is 0. The van der Waals surface area contributed by atoms with Gasteiger partial charge in [-0.1, -0.05) is 0 Å². The van der Waals surface area contributed by atoms with Crippen LogP contribution in [-0.2, 0) is 17.6 Å². The number of carbonyl (C=O) groups excluding carboxylic acids is 1. The van der Waals surface area contributed by atoms with Crippen molar-refractivity contribution in [2.75, 3.05) is 0 Å². The number of hydrogen-bond donors (Lipinski definition) is 1. The second-order valence-corrected chi connectivity index (χ2v) is 4.56. The lowest BCUT2D eigenvalue weighted by Gasteiger charge is -2.31. The predicted octanol–water partition coefficient (Wildman–Crippen LogP) is 2.20. The zero-order valence-corrected chi connectivity index (χ0v) is 10.5. The zero-order chi connectivity index (χ0) is 14.7. The average Bonchev–Trinajstić information content (AvgIpc) is 2.43. The van der Waals surface area contributed by atoms with Crippen molar-refractivity contribution in [3.05, 3.63) is 46.9 Å². The minimum Gasteiger partial charge on any atom is -0.513 e. The average molecular weight is 278 g/mol. The first-order chi connectivity index (χ1) is 9.60. The zero-order valence-electron chi connectivity index (χ0n) is 10.5. The molecule has 20 heavy (non-hydrogen) atoms. The second-order valence-electron chi connectivity index (χ2n) is 4.56. The van der Waals surface area contributed by atoms with E-state index in [-0.39, 0.29) is 12.1 Å². The molecule has 1 aromatic carbocycles. The van der Waals surface area contributed by atoms with Crippen molar-refractivity contribution >= 4 is 6.41 Å². The number of nitriles is 1. The van der Waals surface area contributed by atoms with Crippen LogP contribution in [0, 0.1) is 23.0 Å². The summed E-state index contributed by atoms with van der Waals surface area (Å²) in [6.45, 7) is 0. The van der Waals surface area contributed by atoms with E-state index in [4.69, 9.17) is 10.4 Å². The number of benzene rings is 1. The van der Waals surface area contributed by atoms with Gasteiger partial charge in [0.1, 0.15) is 24.0 Å². The van der Waals surface area contributed by atoms with Gasteiger partial charge in [0.05, 0.1) is 0 Å². The van der Waals surface area contributed by atoms with Crippen molar-refractivity contribution in [1.82, 2.24) is 4.90 Å². The lowest BCUT2D eigenvalue weighted by Crippen LogP contribution is -2.38. The van der Waals surface area contributed by atoms with E-state index in [1.165, 1.54) is 6.07 Å². The van der Waals surface area contributed by atoms with Gasteiger partial charge < -0.3 is 10.0 Å². The van der Waals surface area contributed by atoms with Gasteiger partial charge in [-0.25, -0.2) is 8.78 Å². The highest BCUT2D eigenvalue weighted by molar-refractivity contribution is 5.54. The lowest BCUT2D eigenvalue weighted by molar-refractivity contribution is -0.118.